The maximum absolute atomic E-state index is 14.5. The van der Waals surface area contributed by atoms with Gasteiger partial charge in [-0.25, -0.2) is 13.8 Å². The topological polar surface area (TPSA) is 168 Å². The van der Waals surface area contributed by atoms with Crippen LogP contribution in [-0.2, 0) is 17.1 Å². The van der Waals surface area contributed by atoms with Crippen molar-refractivity contribution in [2.24, 2.45) is 0 Å². The lowest BCUT2D eigenvalue weighted by molar-refractivity contribution is -0.428. The van der Waals surface area contributed by atoms with Gasteiger partial charge in [-0.3, -0.25) is 9.78 Å². The first kappa shape index (κ1) is 23.6. The molecule has 1 fully saturated rings. The summed E-state index contributed by atoms with van der Waals surface area (Å²) in [6.45, 7) is 2.60. The number of aliphatic hydroxyl groups excluding tert-OH is 2. The highest BCUT2D eigenvalue weighted by Crippen LogP contribution is 2.44. The smallest absolute Gasteiger partial charge is 0.332 e. The Balaban J connectivity index is 2.64. The minimum Gasteiger partial charge on any atom is -0.394 e. The van der Waals surface area contributed by atoms with Crippen molar-refractivity contribution in [1.82, 2.24) is 14.6 Å². The van der Waals surface area contributed by atoms with Crippen LogP contribution in [0.15, 0.2) is 15.8 Å². The SMILES string of the molecule is CCCCC(F)N(O)[C@@]1(O)[C@H](O)[C@@H](CO)O[C@]1(O)n1cc(CCC)c(=O)[nH]c1=O. The van der Waals surface area contributed by atoms with Crippen molar-refractivity contribution in [1.29, 1.82) is 0 Å². The van der Waals surface area contributed by atoms with Gasteiger partial charge in [0.25, 0.3) is 5.56 Å². The van der Waals surface area contributed by atoms with Gasteiger partial charge >= 0.3 is 11.6 Å². The van der Waals surface area contributed by atoms with Crippen LogP contribution in [0.4, 0.5) is 4.39 Å². The summed E-state index contributed by atoms with van der Waals surface area (Å²) in [6, 6.07) is 0. The maximum atomic E-state index is 14.5. The Bertz CT molecular complexity index is 817. The Morgan fingerprint density at radius 3 is 2.55 bits per heavy atom. The minimum absolute atomic E-state index is 0.0423. The summed E-state index contributed by atoms with van der Waals surface area (Å²) in [7, 11) is 0. The molecule has 0 aliphatic carbocycles. The van der Waals surface area contributed by atoms with E-state index >= 15 is 0 Å². The summed E-state index contributed by atoms with van der Waals surface area (Å²) in [6.07, 6.45) is -3.91. The first-order valence-corrected chi connectivity index (χ1v) is 9.47. The molecule has 0 spiro atoms. The van der Waals surface area contributed by atoms with Crippen molar-refractivity contribution in [3.63, 3.8) is 0 Å². The normalized spacial score (nSPS) is 30.8. The van der Waals surface area contributed by atoms with Crippen molar-refractivity contribution < 1.29 is 34.8 Å². The van der Waals surface area contributed by atoms with E-state index < -0.39 is 48.0 Å². The molecule has 166 valence electrons. The predicted molar refractivity (Wildman–Crippen MR) is 96.5 cm³/mol. The zero-order chi connectivity index (χ0) is 22.0. The molecule has 1 unspecified atom stereocenters. The van der Waals surface area contributed by atoms with Gasteiger partial charge in [0.15, 0.2) is 6.30 Å². The van der Waals surface area contributed by atoms with Crippen LogP contribution in [0.3, 0.4) is 0 Å². The number of nitrogens with zero attached hydrogens (tertiary/aromatic N) is 2. The number of hydroxylamine groups is 2. The second kappa shape index (κ2) is 9.00. The molecule has 0 saturated carbocycles. The van der Waals surface area contributed by atoms with Crippen LogP contribution in [0.5, 0.6) is 0 Å². The Labute approximate surface area is 165 Å². The number of aryl methyl sites for hydroxylation is 1. The number of ether oxygens (including phenoxy) is 1. The first-order valence-electron chi connectivity index (χ1n) is 9.47. The molecular formula is C17H28FN3O8. The van der Waals surface area contributed by atoms with E-state index in [0.717, 1.165) is 6.20 Å². The van der Waals surface area contributed by atoms with E-state index in [-0.39, 0.29) is 23.5 Å². The number of nitrogens with one attached hydrogen (secondary N) is 1. The largest absolute Gasteiger partial charge is 0.394 e. The molecule has 2 rings (SSSR count). The average Bonchev–Trinajstić information content (AvgIpc) is 2.89. The minimum atomic E-state index is -3.28. The van der Waals surface area contributed by atoms with Crippen LogP contribution >= 0.6 is 0 Å². The molecule has 5 atom stereocenters. The van der Waals surface area contributed by atoms with Gasteiger partial charge in [-0.15, -0.1) is 5.06 Å². The zero-order valence-corrected chi connectivity index (χ0v) is 16.3. The van der Waals surface area contributed by atoms with Crippen LogP contribution in [0, 0.1) is 0 Å². The quantitative estimate of drug-likeness (QED) is 0.161. The lowest BCUT2D eigenvalue weighted by atomic mass is 10.00. The summed E-state index contributed by atoms with van der Waals surface area (Å²) in [5, 5.41) is 52.0. The molecule has 1 aliphatic rings. The van der Waals surface area contributed by atoms with Crippen molar-refractivity contribution in [2.75, 3.05) is 6.61 Å². The van der Waals surface area contributed by atoms with E-state index in [4.69, 9.17) is 4.74 Å². The van der Waals surface area contributed by atoms with Crippen LogP contribution < -0.4 is 11.2 Å². The van der Waals surface area contributed by atoms with Gasteiger partial charge in [0.1, 0.15) is 12.2 Å². The van der Waals surface area contributed by atoms with Gasteiger partial charge in [-0.2, -0.15) is 0 Å². The fraction of sp³-hybridized carbons (Fsp3) is 0.765. The van der Waals surface area contributed by atoms with Crippen molar-refractivity contribution >= 4 is 0 Å². The highest BCUT2D eigenvalue weighted by molar-refractivity contribution is 5.10. The summed E-state index contributed by atoms with van der Waals surface area (Å²) >= 11 is 0. The Hall–Kier alpha value is -1.67. The number of H-pyrrole nitrogens is 1. The third kappa shape index (κ3) is 3.89. The van der Waals surface area contributed by atoms with Crippen LogP contribution in [0.25, 0.3) is 0 Å². The third-order valence-electron chi connectivity index (χ3n) is 5.01. The molecule has 1 aliphatic heterocycles. The van der Waals surface area contributed by atoms with Gasteiger partial charge in [0, 0.05) is 11.8 Å². The second-order valence-electron chi connectivity index (χ2n) is 7.07. The number of alkyl halides is 1. The standard InChI is InChI=1S/C17H28FN3O8/c1-3-5-7-12(18)21(28)16(26)13(23)11(9-22)29-17(16,27)20-8-10(6-4-2)14(24)19-15(20)25/h8,11-13,22-23,26-28H,3-7,9H2,1-2H3,(H,19,24,25)/t11-,12?,13-,16-,17+/m1/s1. The molecule has 0 amide bonds. The average molecular weight is 421 g/mol. The number of halogens is 1. The van der Waals surface area contributed by atoms with Gasteiger partial charge in [-0.1, -0.05) is 26.7 Å². The fourth-order valence-corrected chi connectivity index (χ4v) is 3.36. The summed E-state index contributed by atoms with van der Waals surface area (Å²) in [5.41, 5.74) is -5.21. The first-order chi connectivity index (χ1) is 13.6. The lowest BCUT2D eigenvalue weighted by Crippen LogP contribution is -2.69. The molecule has 11 nitrogen and oxygen atoms in total. The van der Waals surface area contributed by atoms with E-state index in [2.05, 4.69) is 0 Å². The highest BCUT2D eigenvalue weighted by atomic mass is 19.1. The summed E-state index contributed by atoms with van der Waals surface area (Å²) in [4.78, 5) is 26.3. The molecule has 1 aromatic heterocycles. The Morgan fingerprint density at radius 1 is 1.34 bits per heavy atom. The number of hydrogen-bond donors (Lipinski definition) is 6. The number of aromatic nitrogens is 2. The van der Waals surface area contributed by atoms with Gasteiger partial charge in [-0.05, 0) is 19.3 Å². The van der Waals surface area contributed by atoms with E-state index in [1.807, 2.05) is 4.98 Å². The number of aromatic amines is 1. The molecule has 0 bridgehead atoms. The highest BCUT2D eigenvalue weighted by Gasteiger charge is 2.71. The zero-order valence-electron chi connectivity index (χ0n) is 16.3. The lowest BCUT2D eigenvalue weighted by Gasteiger charge is -2.43. The molecule has 6 N–H and O–H groups in total. The fourth-order valence-electron chi connectivity index (χ4n) is 3.36. The van der Waals surface area contributed by atoms with Crippen molar-refractivity contribution in [3.8, 4) is 0 Å². The molecular weight excluding hydrogens is 393 g/mol. The van der Waals surface area contributed by atoms with Crippen LogP contribution in [-0.4, -0.2) is 71.1 Å². The maximum Gasteiger partial charge on any atom is 0.332 e. The van der Waals surface area contributed by atoms with Gasteiger partial charge in [0.05, 0.1) is 6.61 Å². The monoisotopic (exact) mass is 421 g/mol. The second-order valence-corrected chi connectivity index (χ2v) is 7.07. The summed E-state index contributed by atoms with van der Waals surface area (Å²) < 4.78 is 20.0. The van der Waals surface area contributed by atoms with E-state index in [9.17, 15) is 39.6 Å². The molecule has 1 saturated heterocycles. The molecule has 0 aromatic carbocycles. The molecule has 1 aromatic rings. The van der Waals surface area contributed by atoms with E-state index in [1.165, 1.54) is 0 Å². The van der Waals surface area contributed by atoms with Gasteiger partial charge < -0.3 is 30.4 Å². The van der Waals surface area contributed by atoms with Gasteiger partial charge in [0.2, 0.25) is 5.72 Å². The number of unbranched alkanes of at least 4 members (excludes halogenated alkanes) is 1. The Morgan fingerprint density at radius 2 is 2.00 bits per heavy atom. The Kier molecular flexibility index (Phi) is 7.32. The predicted octanol–water partition coefficient (Wildman–Crippen LogP) is -1.29. The number of rotatable bonds is 9. The molecule has 0 radical (unpaired) electrons. The van der Waals surface area contributed by atoms with E-state index in [0.29, 0.717) is 23.8 Å². The summed E-state index contributed by atoms with van der Waals surface area (Å²) in [5.74, 6) is -3.23. The van der Waals surface area contributed by atoms with E-state index in [1.54, 1.807) is 13.8 Å². The number of hydrogen-bond acceptors (Lipinski definition) is 9. The number of aliphatic hydroxyl groups is 4. The van der Waals surface area contributed by atoms with Crippen molar-refractivity contribution in [2.45, 2.75) is 76.1 Å². The van der Waals surface area contributed by atoms with Crippen molar-refractivity contribution in [3.05, 3.63) is 32.6 Å². The molecule has 29 heavy (non-hydrogen) atoms. The molecule has 12 heteroatoms. The third-order valence-corrected chi connectivity index (χ3v) is 5.01. The van der Waals surface area contributed by atoms with Crippen LogP contribution in [0.1, 0.15) is 45.1 Å². The van der Waals surface area contributed by atoms with Crippen LogP contribution in [0.2, 0.25) is 0 Å². The molecule has 2 heterocycles.